The summed E-state index contributed by atoms with van der Waals surface area (Å²) in [4.78, 5) is 3.47. The highest BCUT2D eigenvalue weighted by molar-refractivity contribution is 7.09. The summed E-state index contributed by atoms with van der Waals surface area (Å²) >= 11 is 1.74. The summed E-state index contributed by atoms with van der Waals surface area (Å²) in [6.45, 7) is 1.71. The first kappa shape index (κ1) is 11.0. The molecule has 3 N–H and O–H groups in total. The molecule has 0 radical (unpaired) electrons. The molecule has 4 nitrogen and oxygen atoms in total. The zero-order valence-electron chi connectivity index (χ0n) is 8.18. The van der Waals surface area contributed by atoms with Gasteiger partial charge in [0, 0.05) is 24.4 Å². The van der Waals surface area contributed by atoms with Crippen LogP contribution in [0.5, 0.6) is 0 Å². The van der Waals surface area contributed by atoms with Gasteiger partial charge in [-0.1, -0.05) is 11.2 Å². The van der Waals surface area contributed by atoms with Gasteiger partial charge in [0.2, 0.25) is 0 Å². The summed E-state index contributed by atoms with van der Waals surface area (Å²) in [6, 6.07) is 4.14. The van der Waals surface area contributed by atoms with E-state index in [9.17, 15) is 0 Å². The van der Waals surface area contributed by atoms with E-state index in [1.165, 1.54) is 4.88 Å². The maximum atomic E-state index is 8.35. The van der Waals surface area contributed by atoms with Gasteiger partial charge in [0.05, 0.1) is 0 Å². The van der Waals surface area contributed by atoms with Crippen LogP contribution in [0.3, 0.4) is 0 Å². The maximum absolute atomic E-state index is 8.35. The van der Waals surface area contributed by atoms with Gasteiger partial charge in [-0.25, -0.2) is 0 Å². The Bertz CT molecular complexity index is 284. The van der Waals surface area contributed by atoms with E-state index in [1.54, 1.807) is 11.3 Å². The molecular formula is C9H15N3OS. The Morgan fingerprint density at radius 2 is 2.50 bits per heavy atom. The van der Waals surface area contributed by atoms with E-state index in [1.807, 2.05) is 13.1 Å². The van der Waals surface area contributed by atoms with Gasteiger partial charge in [0.25, 0.3) is 0 Å². The Morgan fingerprint density at radius 1 is 1.71 bits per heavy atom. The van der Waals surface area contributed by atoms with Crippen molar-refractivity contribution in [1.29, 1.82) is 0 Å². The second-order valence-corrected chi connectivity index (χ2v) is 4.19. The molecule has 0 saturated carbocycles. The fourth-order valence-corrected chi connectivity index (χ4v) is 1.89. The van der Waals surface area contributed by atoms with E-state index in [-0.39, 0.29) is 5.84 Å². The standard InChI is InChI=1S/C9H15N3OS/c1-12(5-4-9(10)11-13)7-8-3-2-6-14-8/h2-3,6,13H,4-5,7H2,1H3,(H2,10,11). The van der Waals surface area contributed by atoms with Crippen molar-refractivity contribution in [3.8, 4) is 0 Å². The molecule has 0 bridgehead atoms. The van der Waals surface area contributed by atoms with Gasteiger partial charge in [-0.15, -0.1) is 11.3 Å². The summed E-state index contributed by atoms with van der Waals surface area (Å²) < 4.78 is 0. The van der Waals surface area contributed by atoms with E-state index >= 15 is 0 Å². The third-order valence-electron chi connectivity index (χ3n) is 1.88. The quantitative estimate of drug-likeness (QED) is 0.335. The number of oxime groups is 1. The zero-order valence-corrected chi connectivity index (χ0v) is 9.00. The highest BCUT2D eigenvalue weighted by Gasteiger charge is 2.02. The molecule has 0 aromatic carbocycles. The lowest BCUT2D eigenvalue weighted by Gasteiger charge is -2.14. The highest BCUT2D eigenvalue weighted by Crippen LogP contribution is 2.10. The van der Waals surface area contributed by atoms with E-state index in [4.69, 9.17) is 10.9 Å². The molecule has 0 aliphatic heterocycles. The fraction of sp³-hybridized carbons (Fsp3) is 0.444. The first-order chi connectivity index (χ1) is 6.72. The van der Waals surface area contributed by atoms with Crippen LogP contribution in [0.4, 0.5) is 0 Å². The molecule has 1 heterocycles. The Balaban J connectivity index is 2.26. The van der Waals surface area contributed by atoms with Crippen LogP contribution < -0.4 is 5.73 Å². The summed E-state index contributed by atoms with van der Waals surface area (Å²) in [5, 5.41) is 13.3. The summed E-state index contributed by atoms with van der Waals surface area (Å²) in [7, 11) is 2.02. The van der Waals surface area contributed by atoms with Gasteiger partial charge in [-0.05, 0) is 18.5 Å². The number of nitrogens with zero attached hydrogens (tertiary/aromatic N) is 2. The number of hydrogen-bond donors (Lipinski definition) is 2. The lowest BCUT2D eigenvalue weighted by Crippen LogP contribution is -2.24. The number of amidine groups is 1. The third kappa shape index (κ3) is 3.76. The molecule has 0 atom stereocenters. The van der Waals surface area contributed by atoms with Gasteiger partial charge < -0.3 is 15.8 Å². The molecule has 5 heteroatoms. The van der Waals surface area contributed by atoms with Crippen molar-refractivity contribution in [3.63, 3.8) is 0 Å². The molecule has 1 aromatic heterocycles. The Labute approximate surface area is 87.6 Å². The van der Waals surface area contributed by atoms with E-state index in [0.29, 0.717) is 6.42 Å². The zero-order chi connectivity index (χ0) is 10.4. The summed E-state index contributed by atoms with van der Waals surface area (Å²) in [5.74, 6) is 0.281. The molecule has 14 heavy (non-hydrogen) atoms. The number of thiophene rings is 1. The van der Waals surface area contributed by atoms with Crippen LogP contribution in [-0.2, 0) is 6.54 Å². The summed E-state index contributed by atoms with van der Waals surface area (Å²) in [5.41, 5.74) is 5.37. The van der Waals surface area contributed by atoms with Crippen molar-refractivity contribution < 1.29 is 5.21 Å². The topological polar surface area (TPSA) is 61.8 Å². The van der Waals surface area contributed by atoms with Gasteiger partial charge in [-0.2, -0.15) is 0 Å². The normalized spacial score (nSPS) is 12.3. The predicted octanol–water partition coefficient (Wildman–Crippen LogP) is 1.32. The average molecular weight is 213 g/mol. The van der Waals surface area contributed by atoms with E-state index in [2.05, 4.69) is 21.5 Å². The SMILES string of the molecule is CN(CC/C(N)=N/O)Cc1cccs1. The lowest BCUT2D eigenvalue weighted by molar-refractivity contribution is 0.310. The number of hydrogen-bond acceptors (Lipinski definition) is 4. The summed E-state index contributed by atoms with van der Waals surface area (Å²) in [6.07, 6.45) is 0.596. The third-order valence-corrected chi connectivity index (χ3v) is 2.75. The highest BCUT2D eigenvalue weighted by atomic mass is 32.1. The molecule has 1 aromatic rings. The van der Waals surface area contributed by atoms with Crippen LogP contribution in [0, 0.1) is 0 Å². The minimum Gasteiger partial charge on any atom is -0.409 e. The first-order valence-electron chi connectivity index (χ1n) is 4.39. The van der Waals surface area contributed by atoms with Gasteiger partial charge in [0.15, 0.2) is 0 Å². The average Bonchev–Trinajstić information content (AvgIpc) is 2.66. The maximum Gasteiger partial charge on any atom is 0.140 e. The molecular weight excluding hydrogens is 198 g/mol. The van der Waals surface area contributed by atoms with Crippen molar-refractivity contribution in [2.75, 3.05) is 13.6 Å². The second kappa shape index (κ2) is 5.62. The van der Waals surface area contributed by atoms with Gasteiger partial charge in [-0.3, -0.25) is 0 Å². The molecule has 0 saturated heterocycles. The van der Waals surface area contributed by atoms with Gasteiger partial charge >= 0.3 is 0 Å². The van der Waals surface area contributed by atoms with Crippen LogP contribution >= 0.6 is 11.3 Å². The van der Waals surface area contributed by atoms with Crippen LogP contribution in [0.25, 0.3) is 0 Å². The van der Waals surface area contributed by atoms with Crippen LogP contribution in [0.2, 0.25) is 0 Å². The number of nitrogens with two attached hydrogens (primary N) is 1. The minimum absolute atomic E-state index is 0.281. The molecule has 0 aliphatic carbocycles. The molecule has 0 unspecified atom stereocenters. The monoisotopic (exact) mass is 213 g/mol. The van der Waals surface area contributed by atoms with Crippen LogP contribution in [0.1, 0.15) is 11.3 Å². The molecule has 0 aliphatic rings. The smallest absolute Gasteiger partial charge is 0.140 e. The van der Waals surface area contributed by atoms with Crippen molar-refractivity contribution in [3.05, 3.63) is 22.4 Å². The predicted molar refractivity (Wildman–Crippen MR) is 58.7 cm³/mol. The minimum atomic E-state index is 0.281. The van der Waals surface area contributed by atoms with E-state index < -0.39 is 0 Å². The Morgan fingerprint density at radius 3 is 3.07 bits per heavy atom. The number of rotatable bonds is 5. The van der Waals surface area contributed by atoms with Crippen molar-refractivity contribution in [2.45, 2.75) is 13.0 Å². The lowest BCUT2D eigenvalue weighted by atomic mass is 10.3. The largest absolute Gasteiger partial charge is 0.409 e. The van der Waals surface area contributed by atoms with Crippen molar-refractivity contribution in [1.82, 2.24) is 4.90 Å². The van der Waals surface area contributed by atoms with Crippen molar-refractivity contribution in [2.24, 2.45) is 10.9 Å². The van der Waals surface area contributed by atoms with Crippen LogP contribution in [0.15, 0.2) is 22.7 Å². The molecule has 0 amide bonds. The van der Waals surface area contributed by atoms with Crippen LogP contribution in [-0.4, -0.2) is 29.5 Å². The first-order valence-corrected chi connectivity index (χ1v) is 5.27. The Kier molecular flexibility index (Phi) is 4.42. The van der Waals surface area contributed by atoms with Crippen molar-refractivity contribution >= 4 is 17.2 Å². The Hall–Kier alpha value is -1.07. The molecule has 78 valence electrons. The molecule has 1 rings (SSSR count). The fourth-order valence-electron chi connectivity index (χ4n) is 1.10. The van der Waals surface area contributed by atoms with Gasteiger partial charge in [0.1, 0.15) is 5.84 Å². The molecule has 0 spiro atoms. The second-order valence-electron chi connectivity index (χ2n) is 3.16. The van der Waals surface area contributed by atoms with E-state index in [0.717, 1.165) is 13.1 Å². The molecule has 0 fully saturated rings.